The smallest absolute Gasteiger partial charge is 0.345 e. The number of thiophene rings is 1. The minimum Gasteiger partial charge on any atom is -0.477 e. The number of sulfone groups is 1. The lowest BCUT2D eigenvalue weighted by atomic mass is 10.3. The number of rotatable bonds is 4. The van der Waals surface area contributed by atoms with E-state index in [1.807, 2.05) is 0 Å². The third-order valence-corrected chi connectivity index (χ3v) is 9.15. The molecule has 7 nitrogen and oxygen atoms in total. The van der Waals surface area contributed by atoms with Crippen molar-refractivity contribution < 1.29 is 26.7 Å². The van der Waals surface area contributed by atoms with Crippen LogP contribution in [0.15, 0.2) is 14.7 Å². The molecule has 1 unspecified atom stereocenters. The fourth-order valence-electron chi connectivity index (χ4n) is 2.05. The number of nitrogens with zero attached hydrogens (tertiary/aromatic N) is 1. The van der Waals surface area contributed by atoms with E-state index in [2.05, 4.69) is 15.9 Å². The van der Waals surface area contributed by atoms with Crippen molar-refractivity contribution >= 4 is 53.1 Å². The zero-order valence-corrected chi connectivity index (χ0v) is 14.8. The minimum atomic E-state index is -3.95. The number of hydrogen-bond acceptors (Lipinski definition) is 6. The Kier molecular flexibility index (Phi) is 4.51. The van der Waals surface area contributed by atoms with E-state index in [0.717, 1.165) is 21.7 Å². The van der Waals surface area contributed by atoms with Gasteiger partial charge in [0.05, 0.1) is 15.3 Å². The van der Waals surface area contributed by atoms with Crippen molar-refractivity contribution in [1.82, 2.24) is 4.31 Å². The summed E-state index contributed by atoms with van der Waals surface area (Å²) in [5.74, 6) is -1.47. The highest BCUT2D eigenvalue weighted by atomic mass is 79.9. The summed E-state index contributed by atoms with van der Waals surface area (Å²) in [6.45, 7) is 0. The third kappa shape index (κ3) is 3.31. The highest BCUT2D eigenvalue weighted by Gasteiger charge is 2.38. The van der Waals surface area contributed by atoms with Gasteiger partial charge in [0.2, 0.25) is 10.0 Å². The molecular weight excluding hydrogens is 406 g/mol. The van der Waals surface area contributed by atoms with Crippen LogP contribution in [-0.4, -0.2) is 56.8 Å². The highest BCUT2D eigenvalue weighted by Crippen LogP contribution is 2.34. The molecule has 2 heterocycles. The fourth-order valence-corrected chi connectivity index (χ4v) is 7.65. The maximum absolute atomic E-state index is 12.5. The Morgan fingerprint density at radius 3 is 2.57 bits per heavy atom. The molecule has 2 rings (SSSR count). The largest absolute Gasteiger partial charge is 0.477 e. The first-order valence-electron chi connectivity index (χ1n) is 5.75. The van der Waals surface area contributed by atoms with Crippen molar-refractivity contribution in [2.45, 2.75) is 17.4 Å². The van der Waals surface area contributed by atoms with Crippen LogP contribution in [0.1, 0.15) is 16.1 Å². The van der Waals surface area contributed by atoms with Crippen LogP contribution < -0.4 is 0 Å². The summed E-state index contributed by atoms with van der Waals surface area (Å²) in [5.41, 5.74) is 0. The van der Waals surface area contributed by atoms with Gasteiger partial charge in [0.1, 0.15) is 9.77 Å². The van der Waals surface area contributed by atoms with Crippen LogP contribution in [0.3, 0.4) is 0 Å². The van der Waals surface area contributed by atoms with Crippen molar-refractivity contribution in [3.05, 3.63) is 14.7 Å². The quantitative estimate of drug-likeness (QED) is 0.782. The summed E-state index contributed by atoms with van der Waals surface area (Å²) in [5, 5.41) is 8.91. The second kappa shape index (κ2) is 5.61. The first-order valence-corrected chi connectivity index (χ1v) is 10.6. The lowest BCUT2D eigenvalue weighted by Gasteiger charge is -2.22. The average Bonchev–Trinajstić information content (AvgIpc) is 2.91. The first kappa shape index (κ1) is 16.9. The van der Waals surface area contributed by atoms with Crippen molar-refractivity contribution in [1.29, 1.82) is 0 Å². The second-order valence-electron chi connectivity index (χ2n) is 4.63. The van der Waals surface area contributed by atoms with E-state index in [-0.39, 0.29) is 31.5 Å². The number of halogens is 1. The van der Waals surface area contributed by atoms with Crippen LogP contribution in [-0.2, 0) is 19.9 Å². The van der Waals surface area contributed by atoms with E-state index in [4.69, 9.17) is 5.11 Å². The number of aromatic carboxylic acids is 1. The number of hydrogen-bond donors (Lipinski definition) is 1. The van der Waals surface area contributed by atoms with Crippen LogP contribution in [0.2, 0.25) is 0 Å². The van der Waals surface area contributed by atoms with E-state index in [1.54, 1.807) is 0 Å². The molecule has 1 N–H and O–H groups in total. The molecule has 0 aliphatic carbocycles. The van der Waals surface area contributed by atoms with Crippen molar-refractivity contribution in [3.8, 4) is 0 Å². The zero-order chi connectivity index (χ0) is 16.0. The molecule has 1 fully saturated rings. The van der Waals surface area contributed by atoms with E-state index >= 15 is 0 Å². The van der Waals surface area contributed by atoms with Gasteiger partial charge in [-0.2, -0.15) is 4.31 Å². The maximum atomic E-state index is 12.5. The van der Waals surface area contributed by atoms with E-state index < -0.39 is 31.9 Å². The summed E-state index contributed by atoms with van der Waals surface area (Å²) in [6, 6.07) is 0.451. The van der Waals surface area contributed by atoms with Gasteiger partial charge in [0.25, 0.3) is 0 Å². The normalized spacial score (nSPS) is 21.8. The van der Waals surface area contributed by atoms with Gasteiger partial charge in [-0.05, 0) is 28.4 Å². The molecule has 0 spiro atoms. The third-order valence-electron chi connectivity index (χ3n) is 3.25. The molecule has 1 aromatic heterocycles. The lowest BCUT2D eigenvalue weighted by molar-refractivity contribution is 0.0702. The summed E-state index contributed by atoms with van der Waals surface area (Å²) in [4.78, 5) is 10.6. The number of carboxylic acid groups (broad SMARTS) is 1. The molecule has 1 atom stereocenters. The van der Waals surface area contributed by atoms with Gasteiger partial charge in [0.15, 0.2) is 9.84 Å². The van der Waals surface area contributed by atoms with Crippen LogP contribution in [0, 0.1) is 0 Å². The molecule has 21 heavy (non-hydrogen) atoms. The van der Waals surface area contributed by atoms with E-state index in [0.29, 0.717) is 0 Å². The molecule has 0 bridgehead atoms. The first-order chi connectivity index (χ1) is 9.54. The Morgan fingerprint density at radius 2 is 2.14 bits per heavy atom. The molecule has 1 aliphatic rings. The van der Waals surface area contributed by atoms with Gasteiger partial charge in [-0.15, -0.1) is 11.3 Å². The maximum Gasteiger partial charge on any atom is 0.345 e. The monoisotopic (exact) mass is 417 g/mol. The van der Waals surface area contributed by atoms with Gasteiger partial charge in [-0.1, -0.05) is 0 Å². The van der Waals surface area contributed by atoms with Crippen molar-refractivity contribution in [2.75, 3.05) is 18.6 Å². The van der Waals surface area contributed by atoms with E-state index in [1.165, 1.54) is 7.05 Å². The van der Waals surface area contributed by atoms with Crippen molar-refractivity contribution in [3.63, 3.8) is 0 Å². The molecule has 0 saturated carbocycles. The van der Waals surface area contributed by atoms with Gasteiger partial charge in [0, 0.05) is 13.1 Å². The summed E-state index contributed by atoms with van der Waals surface area (Å²) in [7, 11) is -5.85. The van der Waals surface area contributed by atoms with Crippen LogP contribution in [0.5, 0.6) is 0 Å². The second-order valence-corrected chi connectivity index (χ2v) is 11.2. The molecular formula is C10H12BrNO6S3. The van der Waals surface area contributed by atoms with Gasteiger partial charge >= 0.3 is 5.97 Å². The van der Waals surface area contributed by atoms with Gasteiger partial charge in [-0.25, -0.2) is 21.6 Å². The minimum absolute atomic E-state index is 0.0390. The van der Waals surface area contributed by atoms with E-state index in [9.17, 15) is 21.6 Å². The summed E-state index contributed by atoms with van der Waals surface area (Å²) < 4.78 is 49.1. The molecule has 0 radical (unpaired) electrons. The number of carbonyl (C=O) groups is 1. The number of carboxylic acids is 1. The van der Waals surface area contributed by atoms with Crippen molar-refractivity contribution in [2.24, 2.45) is 0 Å². The van der Waals surface area contributed by atoms with Gasteiger partial charge < -0.3 is 5.11 Å². The molecule has 11 heteroatoms. The number of sulfonamides is 1. The Balaban J connectivity index is 2.36. The Hall–Kier alpha value is -0.490. The standard InChI is InChI=1S/C10H12BrNO6S3/c1-12(6-2-3-20(15,16)5-6)21(17,18)8-4-7(10(13)14)19-9(8)11/h4,6H,2-3,5H2,1H3,(H,13,14). The Bertz CT molecular complexity index is 782. The molecule has 118 valence electrons. The zero-order valence-electron chi connectivity index (χ0n) is 10.8. The fraction of sp³-hybridized carbons (Fsp3) is 0.500. The molecule has 1 aromatic rings. The molecule has 0 amide bonds. The van der Waals surface area contributed by atoms with Crippen LogP contribution >= 0.6 is 27.3 Å². The topological polar surface area (TPSA) is 109 Å². The predicted molar refractivity (Wildman–Crippen MR) is 81.0 cm³/mol. The Morgan fingerprint density at radius 1 is 1.52 bits per heavy atom. The molecule has 1 saturated heterocycles. The highest BCUT2D eigenvalue weighted by molar-refractivity contribution is 9.11. The summed E-state index contributed by atoms with van der Waals surface area (Å²) in [6.07, 6.45) is 0.242. The SMILES string of the molecule is CN(C1CCS(=O)(=O)C1)S(=O)(=O)c1cc(C(=O)O)sc1Br. The van der Waals surface area contributed by atoms with Crippen LogP contribution in [0.4, 0.5) is 0 Å². The summed E-state index contributed by atoms with van der Waals surface area (Å²) >= 11 is 3.85. The van der Waals surface area contributed by atoms with Crippen LogP contribution in [0.25, 0.3) is 0 Å². The van der Waals surface area contributed by atoms with Gasteiger partial charge in [-0.3, -0.25) is 0 Å². The predicted octanol–water partition coefficient (Wildman–Crippen LogP) is 1.02. The molecule has 0 aromatic carbocycles. The average molecular weight is 418 g/mol. The lowest BCUT2D eigenvalue weighted by Crippen LogP contribution is -2.37. The Labute approximate surface area is 134 Å². The molecule has 1 aliphatic heterocycles.